The summed E-state index contributed by atoms with van der Waals surface area (Å²) in [5.74, 6) is -3.26. The molecule has 0 saturated heterocycles. The Kier molecular flexibility index (Phi) is 4.90. The van der Waals surface area contributed by atoms with Crippen LogP contribution in [0.4, 0.5) is 8.78 Å². The Balaban J connectivity index is 1.86. The third-order valence-electron chi connectivity index (χ3n) is 9.02. The monoisotopic (exact) mass is 436 g/mol. The lowest BCUT2D eigenvalue weighted by Gasteiger charge is -2.62. The van der Waals surface area contributed by atoms with Crippen LogP contribution < -0.4 is 0 Å². The van der Waals surface area contributed by atoms with Crippen LogP contribution in [0.15, 0.2) is 23.8 Å². The lowest BCUT2D eigenvalue weighted by atomic mass is 9.44. The highest BCUT2D eigenvalue weighted by Crippen LogP contribution is 2.71. The van der Waals surface area contributed by atoms with Crippen molar-refractivity contribution in [3.63, 3.8) is 0 Å². The molecule has 0 heterocycles. The van der Waals surface area contributed by atoms with Crippen molar-refractivity contribution in [2.75, 3.05) is 6.67 Å². The average Bonchev–Trinajstić information content (AvgIpc) is 2.90. The molecular weight excluding hydrogens is 406 g/mol. The second-order valence-electron chi connectivity index (χ2n) is 10.3. The van der Waals surface area contributed by atoms with Crippen LogP contribution in [-0.4, -0.2) is 46.7 Å². The smallest absolute Gasteiger partial charge is 0.303 e. The van der Waals surface area contributed by atoms with Gasteiger partial charge in [-0.2, -0.15) is 0 Å². The highest BCUT2D eigenvalue weighted by molar-refractivity contribution is 6.01. The number of hydrogen-bond acceptors (Lipinski definition) is 5. The lowest BCUT2D eigenvalue weighted by molar-refractivity contribution is -0.227. The number of rotatable bonds is 3. The van der Waals surface area contributed by atoms with Gasteiger partial charge in [0.1, 0.15) is 0 Å². The van der Waals surface area contributed by atoms with Crippen LogP contribution in [0, 0.1) is 28.6 Å². The van der Waals surface area contributed by atoms with Gasteiger partial charge in [-0.25, -0.2) is 8.78 Å². The van der Waals surface area contributed by atoms with Crippen molar-refractivity contribution in [1.29, 1.82) is 0 Å². The molecule has 4 aliphatic rings. The van der Waals surface area contributed by atoms with E-state index in [1.165, 1.54) is 19.1 Å². The molecule has 1 N–H and O–H groups in total. The topological polar surface area (TPSA) is 80.7 Å². The fourth-order valence-electron chi connectivity index (χ4n) is 7.72. The Morgan fingerprint density at radius 1 is 1.29 bits per heavy atom. The van der Waals surface area contributed by atoms with Gasteiger partial charge >= 0.3 is 5.97 Å². The first-order valence-electron chi connectivity index (χ1n) is 11.0. The molecule has 0 aliphatic heterocycles. The lowest BCUT2D eigenvalue weighted by Crippen LogP contribution is -2.70. The number of carbonyl (C=O) groups excluding carboxylic acids is 3. The van der Waals surface area contributed by atoms with Gasteiger partial charge in [-0.05, 0) is 50.7 Å². The van der Waals surface area contributed by atoms with E-state index in [0.717, 1.165) is 0 Å². The van der Waals surface area contributed by atoms with Gasteiger partial charge in [0.2, 0.25) is 5.78 Å². The minimum atomic E-state index is -2.05. The third-order valence-corrected chi connectivity index (χ3v) is 9.02. The molecule has 4 rings (SSSR count). The van der Waals surface area contributed by atoms with Crippen molar-refractivity contribution in [3.05, 3.63) is 23.8 Å². The molecular formula is C24H30F2O5. The van der Waals surface area contributed by atoms with Crippen LogP contribution in [0.25, 0.3) is 0 Å². The van der Waals surface area contributed by atoms with E-state index >= 15 is 4.39 Å². The van der Waals surface area contributed by atoms with E-state index in [1.807, 2.05) is 0 Å². The van der Waals surface area contributed by atoms with Gasteiger partial charge in [0.15, 0.2) is 23.7 Å². The Bertz CT molecular complexity index is 912. The van der Waals surface area contributed by atoms with Crippen molar-refractivity contribution in [2.24, 2.45) is 28.6 Å². The van der Waals surface area contributed by atoms with Crippen molar-refractivity contribution in [2.45, 2.75) is 70.8 Å². The number of allylic oxidation sites excluding steroid dienone is 4. The summed E-state index contributed by atoms with van der Waals surface area (Å²) in [5, 5.41) is 11.3. The summed E-state index contributed by atoms with van der Waals surface area (Å²) in [6.45, 7) is 5.06. The zero-order valence-electron chi connectivity index (χ0n) is 18.4. The highest BCUT2D eigenvalue weighted by Gasteiger charge is 2.77. The van der Waals surface area contributed by atoms with E-state index in [-0.39, 0.29) is 12.2 Å². The summed E-state index contributed by atoms with van der Waals surface area (Å²) in [6.07, 6.45) is 4.03. The Hall–Kier alpha value is -1.89. The molecule has 8 atom stereocenters. The normalized spacial score (nSPS) is 48.4. The zero-order valence-corrected chi connectivity index (χ0v) is 18.4. The molecule has 0 aromatic rings. The first-order valence-corrected chi connectivity index (χ1v) is 11.0. The van der Waals surface area contributed by atoms with Gasteiger partial charge in [0, 0.05) is 29.6 Å². The van der Waals surface area contributed by atoms with E-state index in [0.29, 0.717) is 24.8 Å². The van der Waals surface area contributed by atoms with Crippen molar-refractivity contribution in [3.8, 4) is 0 Å². The van der Waals surface area contributed by atoms with Crippen LogP contribution in [0.3, 0.4) is 0 Å². The summed E-state index contributed by atoms with van der Waals surface area (Å²) >= 11 is 0. The Labute approximate surface area is 180 Å². The molecule has 31 heavy (non-hydrogen) atoms. The molecule has 0 radical (unpaired) electrons. The van der Waals surface area contributed by atoms with Crippen molar-refractivity contribution >= 4 is 17.5 Å². The number of ketones is 2. The minimum absolute atomic E-state index is 0.140. The van der Waals surface area contributed by atoms with Crippen LogP contribution in [0.2, 0.25) is 0 Å². The third kappa shape index (κ3) is 2.53. The van der Waals surface area contributed by atoms with Gasteiger partial charge in [0.25, 0.3) is 0 Å². The number of aliphatic hydroxyl groups is 1. The Morgan fingerprint density at radius 3 is 2.58 bits per heavy atom. The van der Waals surface area contributed by atoms with Gasteiger partial charge in [0.05, 0.1) is 6.10 Å². The first-order chi connectivity index (χ1) is 14.4. The van der Waals surface area contributed by atoms with Gasteiger partial charge in [-0.1, -0.05) is 25.5 Å². The zero-order chi connectivity index (χ0) is 23.0. The van der Waals surface area contributed by atoms with Crippen molar-refractivity contribution in [1.82, 2.24) is 0 Å². The second kappa shape index (κ2) is 6.80. The number of halogens is 2. The van der Waals surface area contributed by atoms with Crippen LogP contribution >= 0.6 is 0 Å². The van der Waals surface area contributed by atoms with Crippen LogP contribution in [0.5, 0.6) is 0 Å². The average molecular weight is 436 g/mol. The Morgan fingerprint density at radius 2 is 1.97 bits per heavy atom. The molecule has 7 heteroatoms. The molecule has 5 nitrogen and oxygen atoms in total. The van der Waals surface area contributed by atoms with E-state index < -0.39 is 64.4 Å². The van der Waals surface area contributed by atoms with Gasteiger partial charge in [-0.3, -0.25) is 14.4 Å². The quantitative estimate of drug-likeness (QED) is 0.686. The fraction of sp³-hybridized carbons (Fsp3) is 0.708. The van der Waals surface area contributed by atoms with Gasteiger partial charge in [-0.15, -0.1) is 0 Å². The predicted molar refractivity (Wildman–Crippen MR) is 108 cm³/mol. The molecule has 0 spiro atoms. The number of ether oxygens (including phenoxy) is 1. The molecule has 4 aliphatic carbocycles. The van der Waals surface area contributed by atoms with Crippen LogP contribution in [-0.2, 0) is 19.1 Å². The number of alkyl halides is 2. The summed E-state index contributed by atoms with van der Waals surface area (Å²) in [6, 6.07) is 0. The fourth-order valence-corrected chi connectivity index (χ4v) is 7.72. The maximum atomic E-state index is 17.1. The molecule has 3 saturated carbocycles. The molecule has 0 aromatic heterocycles. The second-order valence-corrected chi connectivity index (χ2v) is 10.3. The number of carbonyl (C=O) groups is 3. The van der Waals surface area contributed by atoms with E-state index in [9.17, 15) is 23.9 Å². The maximum Gasteiger partial charge on any atom is 0.303 e. The first kappa shape index (κ1) is 22.3. The summed E-state index contributed by atoms with van der Waals surface area (Å²) in [7, 11) is 0. The molecule has 170 valence electrons. The number of Topliss-reactive ketones (excluding diaryl/α,β-unsaturated/α-hetero) is 1. The number of esters is 1. The van der Waals surface area contributed by atoms with Crippen molar-refractivity contribution < 1.29 is 33.0 Å². The molecule has 3 fully saturated rings. The summed E-state index contributed by atoms with van der Waals surface area (Å²) in [5.41, 5.74) is -5.38. The minimum Gasteiger partial charge on any atom is -0.450 e. The summed E-state index contributed by atoms with van der Waals surface area (Å²) in [4.78, 5) is 36.8. The standard InChI is InChI=1S/C24H30F2O5/c1-13-9-18-17-6-5-15-10-16(28)7-8-21(15,3)23(17,26)19(29)11-22(18,4)24(13,20(30)12-25)31-14(2)27/h7-8,10,13,17-19,29H,5-6,9,11-12H2,1-4H3/t13-,17-,18-,19-,21-,22-,23-,24-/m0/s1. The molecule has 0 unspecified atom stereocenters. The SMILES string of the molecule is CC(=O)O[C@]1(C(=O)CF)[C@@H](C)C[C@H]2[C@@H]3CCC4=CC(=O)C=C[C@]4(C)[C@@]3(F)[C@@H](O)C[C@@]21C. The van der Waals surface area contributed by atoms with E-state index in [4.69, 9.17) is 4.74 Å². The maximum absolute atomic E-state index is 17.1. The highest BCUT2D eigenvalue weighted by atomic mass is 19.1. The molecule has 0 aromatic carbocycles. The van der Waals surface area contributed by atoms with E-state index in [2.05, 4.69) is 0 Å². The van der Waals surface area contributed by atoms with Gasteiger partial charge < -0.3 is 9.84 Å². The predicted octanol–water partition coefficient (Wildman–Crippen LogP) is 3.44. The largest absolute Gasteiger partial charge is 0.450 e. The number of fused-ring (bicyclic) bond motifs is 5. The molecule has 0 amide bonds. The number of aliphatic hydroxyl groups excluding tert-OH is 1. The summed E-state index contributed by atoms with van der Waals surface area (Å²) < 4.78 is 36.4. The van der Waals surface area contributed by atoms with E-state index in [1.54, 1.807) is 26.8 Å². The molecule has 0 bridgehead atoms. The number of hydrogen-bond donors (Lipinski definition) is 1. The van der Waals surface area contributed by atoms with Crippen LogP contribution in [0.1, 0.15) is 53.4 Å².